The van der Waals surface area contributed by atoms with E-state index in [1.807, 2.05) is 10.9 Å². The number of hydrogen-bond donors (Lipinski definition) is 2. The average molecular weight is 377 g/mol. The standard InChI is InChI=1S/C17H23N5O3S/c1-17(2,15(23)24)13-9-19-16(18-4-3-12-10-26-11-20-12)21-14(13)22-5-7-25-8-6-22/h9-11H,3-8H2,1-2H3,(H,23,24)(H,18,19,21). The van der Waals surface area contributed by atoms with Gasteiger partial charge < -0.3 is 20.1 Å². The van der Waals surface area contributed by atoms with Crippen molar-refractivity contribution >= 4 is 29.1 Å². The molecular formula is C17H23N5O3S. The summed E-state index contributed by atoms with van der Waals surface area (Å²) in [5.41, 5.74) is 2.37. The quantitative estimate of drug-likeness (QED) is 0.753. The maximum Gasteiger partial charge on any atom is 0.313 e. The Balaban J connectivity index is 1.82. The van der Waals surface area contributed by atoms with E-state index < -0.39 is 11.4 Å². The van der Waals surface area contributed by atoms with Crippen LogP contribution in [0.15, 0.2) is 17.1 Å². The summed E-state index contributed by atoms with van der Waals surface area (Å²) in [6.07, 6.45) is 2.40. The van der Waals surface area contributed by atoms with Crippen LogP contribution >= 0.6 is 11.3 Å². The van der Waals surface area contributed by atoms with Gasteiger partial charge in [-0.25, -0.2) is 9.97 Å². The molecule has 0 aliphatic carbocycles. The molecule has 1 aliphatic heterocycles. The summed E-state index contributed by atoms with van der Waals surface area (Å²) in [5.74, 6) is 0.248. The number of rotatable bonds is 7. The molecule has 2 aromatic rings. The van der Waals surface area contributed by atoms with Crippen molar-refractivity contribution in [1.82, 2.24) is 15.0 Å². The number of nitrogens with zero attached hydrogens (tertiary/aromatic N) is 4. The van der Waals surface area contributed by atoms with Crippen LogP contribution in [0.1, 0.15) is 25.1 Å². The normalized spacial score (nSPS) is 15.1. The number of hydrogen-bond acceptors (Lipinski definition) is 8. The van der Waals surface area contributed by atoms with Crippen molar-refractivity contribution in [2.45, 2.75) is 25.7 Å². The maximum absolute atomic E-state index is 11.7. The van der Waals surface area contributed by atoms with Crippen molar-refractivity contribution < 1.29 is 14.6 Å². The van der Waals surface area contributed by atoms with Gasteiger partial charge in [0, 0.05) is 43.2 Å². The molecule has 0 atom stereocenters. The van der Waals surface area contributed by atoms with Crippen LogP contribution in [-0.2, 0) is 21.4 Å². The number of anilines is 2. The number of nitrogens with one attached hydrogen (secondary N) is 1. The molecule has 0 spiro atoms. The molecule has 0 unspecified atom stereocenters. The lowest BCUT2D eigenvalue weighted by atomic mass is 9.85. The first kappa shape index (κ1) is 18.5. The molecule has 0 radical (unpaired) electrons. The highest BCUT2D eigenvalue weighted by Gasteiger charge is 2.35. The van der Waals surface area contributed by atoms with Crippen molar-refractivity contribution in [3.8, 4) is 0 Å². The zero-order valence-electron chi connectivity index (χ0n) is 14.9. The molecule has 8 nitrogen and oxygen atoms in total. The molecule has 1 aliphatic rings. The Morgan fingerprint density at radius 3 is 2.81 bits per heavy atom. The first-order valence-corrected chi connectivity index (χ1v) is 9.47. The zero-order valence-corrected chi connectivity index (χ0v) is 15.8. The second kappa shape index (κ2) is 7.96. The summed E-state index contributed by atoms with van der Waals surface area (Å²) in [6, 6.07) is 0. The number of morpholine rings is 1. The van der Waals surface area contributed by atoms with Crippen LogP contribution < -0.4 is 10.2 Å². The van der Waals surface area contributed by atoms with E-state index in [9.17, 15) is 9.90 Å². The molecule has 0 saturated carbocycles. The van der Waals surface area contributed by atoms with Gasteiger partial charge in [0.05, 0.1) is 29.8 Å². The topological polar surface area (TPSA) is 100 Å². The number of carboxylic acid groups (broad SMARTS) is 1. The van der Waals surface area contributed by atoms with E-state index in [2.05, 4.69) is 25.2 Å². The molecule has 2 N–H and O–H groups in total. The minimum absolute atomic E-state index is 0.492. The lowest BCUT2D eigenvalue weighted by Crippen LogP contribution is -2.40. The van der Waals surface area contributed by atoms with Crippen LogP contribution in [0.25, 0.3) is 0 Å². The fourth-order valence-corrected chi connectivity index (χ4v) is 3.29. The monoisotopic (exact) mass is 377 g/mol. The van der Waals surface area contributed by atoms with Gasteiger partial charge in [0.2, 0.25) is 5.95 Å². The van der Waals surface area contributed by atoms with Gasteiger partial charge >= 0.3 is 5.97 Å². The number of aromatic nitrogens is 3. The minimum atomic E-state index is -1.08. The smallest absolute Gasteiger partial charge is 0.313 e. The van der Waals surface area contributed by atoms with Gasteiger partial charge in [-0.1, -0.05) is 0 Å². The first-order chi connectivity index (χ1) is 12.5. The number of carboxylic acids is 1. The molecule has 3 rings (SSSR count). The van der Waals surface area contributed by atoms with Crippen LogP contribution in [0.4, 0.5) is 11.8 Å². The van der Waals surface area contributed by atoms with Crippen molar-refractivity contribution in [2.24, 2.45) is 0 Å². The average Bonchev–Trinajstić information content (AvgIpc) is 3.15. The SMILES string of the molecule is CC(C)(C(=O)O)c1cnc(NCCc2cscn2)nc1N1CCOCC1. The van der Waals surface area contributed by atoms with Crippen LogP contribution in [0, 0.1) is 0 Å². The summed E-state index contributed by atoms with van der Waals surface area (Å²) in [5, 5.41) is 14.8. The highest BCUT2D eigenvalue weighted by molar-refractivity contribution is 7.07. The number of ether oxygens (including phenoxy) is 1. The molecule has 0 bridgehead atoms. The molecule has 26 heavy (non-hydrogen) atoms. The lowest BCUT2D eigenvalue weighted by molar-refractivity contribution is -0.142. The lowest BCUT2D eigenvalue weighted by Gasteiger charge is -2.32. The van der Waals surface area contributed by atoms with Crippen LogP contribution in [0.5, 0.6) is 0 Å². The molecule has 3 heterocycles. The summed E-state index contributed by atoms with van der Waals surface area (Å²) in [6.45, 7) is 6.57. The van der Waals surface area contributed by atoms with Gasteiger partial charge in [0.15, 0.2) is 0 Å². The van der Waals surface area contributed by atoms with E-state index in [1.54, 1.807) is 31.4 Å². The Morgan fingerprint density at radius 1 is 1.38 bits per heavy atom. The predicted molar refractivity (Wildman–Crippen MR) is 100 cm³/mol. The third-order valence-electron chi connectivity index (χ3n) is 4.43. The Morgan fingerprint density at radius 2 is 2.15 bits per heavy atom. The van der Waals surface area contributed by atoms with Crippen molar-refractivity contribution in [3.05, 3.63) is 28.3 Å². The van der Waals surface area contributed by atoms with Crippen molar-refractivity contribution in [1.29, 1.82) is 0 Å². The van der Waals surface area contributed by atoms with Crippen molar-refractivity contribution in [2.75, 3.05) is 43.1 Å². The van der Waals surface area contributed by atoms with E-state index >= 15 is 0 Å². The Bertz CT molecular complexity index is 745. The van der Waals surface area contributed by atoms with E-state index in [4.69, 9.17) is 4.74 Å². The van der Waals surface area contributed by atoms with Gasteiger partial charge in [-0.3, -0.25) is 4.79 Å². The third-order valence-corrected chi connectivity index (χ3v) is 5.07. The van der Waals surface area contributed by atoms with Gasteiger partial charge in [0.1, 0.15) is 5.82 Å². The van der Waals surface area contributed by atoms with E-state index in [-0.39, 0.29) is 0 Å². The third kappa shape index (κ3) is 4.10. The second-order valence-electron chi connectivity index (χ2n) is 6.62. The molecule has 1 fully saturated rings. The summed E-state index contributed by atoms with van der Waals surface area (Å²) in [4.78, 5) is 27.0. The molecule has 2 aromatic heterocycles. The zero-order chi connectivity index (χ0) is 18.6. The van der Waals surface area contributed by atoms with E-state index in [0.717, 1.165) is 12.1 Å². The highest BCUT2D eigenvalue weighted by atomic mass is 32.1. The fraction of sp³-hybridized carbons (Fsp3) is 0.529. The maximum atomic E-state index is 11.7. The largest absolute Gasteiger partial charge is 0.481 e. The summed E-state index contributed by atoms with van der Waals surface area (Å²) in [7, 11) is 0. The molecule has 9 heteroatoms. The Hall–Kier alpha value is -2.26. The second-order valence-corrected chi connectivity index (χ2v) is 7.34. The van der Waals surface area contributed by atoms with Crippen molar-refractivity contribution in [3.63, 3.8) is 0 Å². The highest BCUT2D eigenvalue weighted by Crippen LogP contribution is 2.32. The van der Waals surface area contributed by atoms with E-state index in [1.165, 1.54) is 0 Å². The Labute approximate surface area is 156 Å². The van der Waals surface area contributed by atoms with E-state index in [0.29, 0.717) is 50.2 Å². The Kier molecular flexibility index (Phi) is 5.67. The van der Waals surface area contributed by atoms with Crippen LogP contribution in [0.3, 0.4) is 0 Å². The molecule has 140 valence electrons. The summed E-state index contributed by atoms with van der Waals surface area (Å²) >= 11 is 1.57. The first-order valence-electron chi connectivity index (χ1n) is 8.53. The summed E-state index contributed by atoms with van der Waals surface area (Å²) < 4.78 is 5.41. The number of thiazole rings is 1. The van der Waals surface area contributed by atoms with Gasteiger partial charge in [-0.15, -0.1) is 11.3 Å². The molecule has 0 amide bonds. The van der Waals surface area contributed by atoms with Crippen LogP contribution in [0.2, 0.25) is 0 Å². The minimum Gasteiger partial charge on any atom is -0.481 e. The fourth-order valence-electron chi connectivity index (χ4n) is 2.69. The van der Waals surface area contributed by atoms with Crippen LogP contribution in [-0.4, -0.2) is 58.9 Å². The number of aliphatic carboxylic acids is 1. The predicted octanol–water partition coefficient (Wildman–Crippen LogP) is 1.79. The number of carbonyl (C=O) groups is 1. The van der Waals surface area contributed by atoms with Gasteiger partial charge in [-0.2, -0.15) is 4.98 Å². The van der Waals surface area contributed by atoms with Gasteiger partial charge in [0.25, 0.3) is 0 Å². The molecule has 1 saturated heterocycles. The molecule has 0 aromatic carbocycles. The molecular weight excluding hydrogens is 354 g/mol. The van der Waals surface area contributed by atoms with Gasteiger partial charge in [-0.05, 0) is 13.8 Å².